The minimum Gasteiger partial charge on any atom is -0.463 e. The Hall–Kier alpha value is -2.92. The highest BCUT2D eigenvalue weighted by Gasteiger charge is 2.30. The summed E-state index contributed by atoms with van der Waals surface area (Å²) in [4.78, 5) is 22.0. The predicted octanol–water partition coefficient (Wildman–Crippen LogP) is 3.23. The molecule has 11 heteroatoms. The summed E-state index contributed by atoms with van der Waals surface area (Å²) in [7, 11) is -4.53. The Morgan fingerprint density at radius 3 is 2.31 bits per heavy atom. The van der Waals surface area contributed by atoms with Gasteiger partial charge in [0.1, 0.15) is 11.6 Å². The minimum absolute atomic E-state index is 0.0985. The molecule has 29 heavy (non-hydrogen) atoms. The molecule has 0 radical (unpaired) electrons. The fourth-order valence-corrected chi connectivity index (χ4v) is 3.84. The normalized spacial score (nSPS) is 12.6. The molecule has 8 nitrogen and oxygen atoms in total. The lowest BCUT2D eigenvalue weighted by atomic mass is 10.0. The van der Waals surface area contributed by atoms with E-state index in [2.05, 4.69) is 4.72 Å². The molecule has 2 rings (SSSR count). The van der Waals surface area contributed by atoms with Gasteiger partial charge in [-0.1, -0.05) is 18.2 Å². The molecule has 0 bridgehead atoms. The summed E-state index contributed by atoms with van der Waals surface area (Å²) in [6.45, 7) is 3.16. The zero-order valence-electron chi connectivity index (χ0n) is 15.5. The number of esters is 1. The fourth-order valence-electron chi connectivity index (χ4n) is 2.58. The van der Waals surface area contributed by atoms with Crippen LogP contribution in [0.15, 0.2) is 47.4 Å². The molecule has 0 amide bonds. The molecule has 0 saturated heterocycles. The molecule has 0 heterocycles. The number of nitro groups is 1. The van der Waals surface area contributed by atoms with E-state index in [0.717, 1.165) is 6.07 Å². The second-order valence-corrected chi connectivity index (χ2v) is 8.05. The largest absolute Gasteiger partial charge is 0.463 e. The van der Waals surface area contributed by atoms with Crippen LogP contribution < -0.4 is 4.72 Å². The van der Waals surface area contributed by atoms with Gasteiger partial charge in [-0.2, -0.15) is 0 Å². The number of carbonyl (C=O) groups is 1. The molecule has 1 N–H and O–H groups in total. The summed E-state index contributed by atoms with van der Waals surface area (Å²) in [5.41, 5.74) is -0.526. The Morgan fingerprint density at radius 2 is 1.76 bits per heavy atom. The van der Waals surface area contributed by atoms with Crippen LogP contribution in [0, 0.1) is 21.7 Å². The number of nitrogens with one attached hydrogen (secondary N) is 1. The number of sulfonamides is 1. The Kier molecular flexibility index (Phi) is 6.98. The molecule has 1 atom stereocenters. The van der Waals surface area contributed by atoms with E-state index in [9.17, 15) is 32.1 Å². The number of ether oxygens (including phenoxy) is 1. The van der Waals surface area contributed by atoms with Crippen LogP contribution in [0.4, 0.5) is 14.5 Å². The van der Waals surface area contributed by atoms with Gasteiger partial charge < -0.3 is 4.74 Å². The summed E-state index contributed by atoms with van der Waals surface area (Å²) in [6.07, 6.45) is -1.07. The van der Waals surface area contributed by atoms with E-state index in [0.29, 0.717) is 18.2 Å². The average molecular weight is 428 g/mol. The number of benzene rings is 2. The van der Waals surface area contributed by atoms with Crippen LogP contribution in [-0.4, -0.2) is 25.4 Å². The Balaban J connectivity index is 2.47. The highest BCUT2D eigenvalue weighted by Crippen LogP contribution is 2.29. The molecule has 0 aliphatic carbocycles. The van der Waals surface area contributed by atoms with Crippen LogP contribution in [0.25, 0.3) is 0 Å². The highest BCUT2D eigenvalue weighted by molar-refractivity contribution is 7.89. The van der Waals surface area contributed by atoms with Gasteiger partial charge in [0.25, 0.3) is 5.69 Å². The summed E-state index contributed by atoms with van der Waals surface area (Å²) in [6, 6.07) is 5.51. The van der Waals surface area contributed by atoms with Gasteiger partial charge in [-0.25, -0.2) is 21.9 Å². The van der Waals surface area contributed by atoms with E-state index >= 15 is 0 Å². The van der Waals surface area contributed by atoms with Crippen molar-refractivity contribution >= 4 is 21.7 Å². The smallest absolute Gasteiger partial charge is 0.308 e. The van der Waals surface area contributed by atoms with E-state index in [-0.39, 0.29) is 5.56 Å². The SMILES string of the molecule is CC(C)OC(=O)CC(NS(=O)(=O)c1cc(F)cc(F)c1)c1ccccc1[N+](=O)[O-]. The lowest BCUT2D eigenvalue weighted by Crippen LogP contribution is -2.31. The van der Waals surface area contributed by atoms with E-state index < -0.39 is 61.7 Å². The molecule has 0 saturated carbocycles. The van der Waals surface area contributed by atoms with Gasteiger partial charge >= 0.3 is 5.97 Å². The van der Waals surface area contributed by atoms with Crippen LogP contribution in [0.5, 0.6) is 0 Å². The fraction of sp³-hybridized carbons (Fsp3) is 0.278. The van der Waals surface area contributed by atoms with Crippen molar-refractivity contribution in [2.24, 2.45) is 0 Å². The van der Waals surface area contributed by atoms with Crippen molar-refractivity contribution in [2.75, 3.05) is 0 Å². The topological polar surface area (TPSA) is 116 Å². The van der Waals surface area contributed by atoms with Gasteiger partial charge in [0.15, 0.2) is 0 Å². The Labute approximate surface area is 165 Å². The third-order valence-electron chi connectivity index (χ3n) is 3.69. The molecule has 0 aromatic heterocycles. The zero-order valence-corrected chi connectivity index (χ0v) is 16.3. The highest BCUT2D eigenvalue weighted by atomic mass is 32.2. The van der Waals surface area contributed by atoms with Crippen LogP contribution in [-0.2, 0) is 19.6 Å². The third-order valence-corrected chi connectivity index (χ3v) is 5.14. The summed E-state index contributed by atoms with van der Waals surface area (Å²) in [5, 5.41) is 11.3. The second-order valence-electron chi connectivity index (χ2n) is 6.34. The molecule has 2 aromatic carbocycles. The molecular formula is C18H18F2N2O6S. The van der Waals surface area contributed by atoms with Gasteiger partial charge in [0, 0.05) is 17.7 Å². The molecule has 0 fully saturated rings. The first-order valence-electron chi connectivity index (χ1n) is 8.41. The molecular weight excluding hydrogens is 410 g/mol. The number of nitrogens with zero attached hydrogens (tertiary/aromatic N) is 1. The summed E-state index contributed by atoms with van der Waals surface area (Å²) in [5.74, 6) is -3.05. The van der Waals surface area contributed by atoms with Gasteiger partial charge in [0.2, 0.25) is 10.0 Å². The Morgan fingerprint density at radius 1 is 1.17 bits per heavy atom. The molecule has 0 aliphatic heterocycles. The first-order valence-corrected chi connectivity index (χ1v) is 9.89. The van der Waals surface area contributed by atoms with Crippen molar-refractivity contribution in [2.45, 2.75) is 37.3 Å². The minimum atomic E-state index is -4.53. The van der Waals surface area contributed by atoms with Crippen molar-refractivity contribution in [1.29, 1.82) is 0 Å². The quantitative estimate of drug-likeness (QED) is 0.392. The van der Waals surface area contributed by atoms with Gasteiger partial charge in [-0.3, -0.25) is 14.9 Å². The van der Waals surface area contributed by atoms with Crippen LogP contribution in [0.3, 0.4) is 0 Å². The van der Waals surface area contributed by atoms with Gasteiger partial charge in [0.05, 0.1) is 28.4 Å². The maximum atomic E-state index is 13.4. The molecule has 156 valence electrons. The van der Waals surface area contributed by atoms with Crippen molar-refractivity contribution in [3.63, 3.8) is 0 Å². The van der Waals surface area contributed by atoms with Crippen LogP contribution in [0.2, 0.25) is 0 Å². The van der Waals surface area contributed by atoms with Crippen molar-refractivity contribution in [3.8, 4) is 0 Å². The van der Waals surface area contributed by atoms with Crippen LogP contribution >= 0.6 is 0 Å². The summed E-state index contributed by atoms with van der Waals surface area (Å²) >= 11 is 0. The number of para-hydroxylation sites is 1. The van der Waals surface area contributed by atoms with Crippen molar-refractivity contribution in [1.82, 2.24) is 4.72 Å². The maximum absolute atomic E-state index is 13.4. The molecule has 0 spiro atoms. The summed E-state index contributed by atoms with van der Waals surface area (Å²) < 4.78 is 59.3. The van der Waals surface area contributed by atoms with Crippen molar-refractivity contribution in [3.05, 3.63) is 69.8 Å². The van der Waals surface area contributed by atoms with Crippen molar-refractivity contribution < 1.29 is 31.7 Å². The standard InChI is InChI=1S/C18H18F2N2O6S/c1-11(2)28-18(23)10-16(15-5-3-4-6-17(15)22(24)25)21-29(26,27)14-8-12(19)7-13(20)9-14/h3-9,11,16,21H,10H2,1-2H3. The number of hydrogen-bond acceptors (Lipinski definition) is 6. The third kappa shape index (κ3) is 6.03. The number of carbonyl (C=O) groups excluding carboxylic acids is 1. The van der Waals surface area contributed by atoms with E-state index in [1.807, 2.05) is 0 Å². The predicted molar refractivity (Wildman–Crippen MR) is 98.4 cm³/mol. The number of nitro benzene ring substituents is 1. The Bertz CT molecular complexity index is 1010. The number of hydrogen-bond donors (Lipinski definition) is 1. The first-order chi connectivity index (χ1) is 13.5. The van der Waals surface area contributed by atoms with E-state index in [4.69, 9.17) is 4.74 Å². The monoisotopic (exact) mass is 428 g/mol. The molecule has 1 unspecified atom stereocenters. The van der Waals surface area contributed by atoms with E-state index in [1.165, 1.54) is 18.2 Å². The molecule has 0 aliphatic rings. The first kappa shape index (κ1) is 22.4. The van der Waals surface area contributed by atoms with Gasteiger partial charge in [-0.05, 0) is 26.0 Å². The van der Waals surface area contributed by atoms with Gasteiger partial charge in [-0.15, -0.1) is 0 Å². The zero-order chi connectivity index (χ0) is 21.8. The molecule has 2 aromatic rings. The average Bonchev–Trinajstić information content (AvgIpc) is 2.59. The second kappa shape index (κ2) is 9.05. The van der Waals surface area contributed by atoms with Crippen LogP contribution in [0.1, 0.15) is 31.9 Å². The number of halogens is 2. The lowest BCUT2D eigenvalue weighted by molar-refractivity contribution is -0.385. The van der Waals surface area contributed by atoms with E-state index in [1.54, 1.807) is 13.8 Å². The maximum Gasteiger partial charge on any atom is 0.308 e. The number of rotatable bonds is 8. The lowest BCUT2D eigenvalue weighted by Gasteiger charge is -2.19.